The highest BCUT2D eigenvalue weighted by atomic mass is 16.4. The molecule has 0 unspecified atom stereocenters. The Bertz CT molecular complexity index is 631. The second-order valence-electron chi connectivity index (χ2n) is 5.93. The Kier molecular flexibility index (Phi) is 5.99. The third kappa shape index (κ3) is 3.67. The monoisotopic (exact) mass is 302 g/mol. The number of carbonyl (C=O) groups excluding carboxylic acids is 1. The van der Waals surface area contributed by atoms with E-state index in [-0.39, 0.29) is 5.82 Å². The summed E-state index contributed by atoms with van der Waals surface area (Å²) in [4.78, 5) is 11.5. The summed E-state index contributed by atoms with van der Waals surface area (Å²) in [6, 6.07) is 7.80. The maximum Gasteiger partial charge on any atom is 0.305 e. The van der Waals surface area contributed by atoms with Crippen LogP contribution in [0.1, 0.15) is 62.5 Å². The Morgan fingerprint density at radius 1 is 1.09 bits per heavy atom. The van der Waals surface area contributed by atoms with Crippen LogP contribution in [0.25, 0.3) is 11.0 Å². The molecule has 4 nitrogen and oxygen atoms in total. The van der Waals surface area contributed by atoms with Crippen LogP contribution in [-0.4, -0.2) is 10.5 Å². The van der Waals surface area contributed by atoms with Crippen molar-refractivity contribution in [1.29, 1.82) is 0 Å². The zero-order valence-electron chi connectivity index (χ0n) is 13.7. The van der Waals surface area contributed by atoms with E-state index in [1.54, 1.807) is 11.6 Å². The molecule has 1 heterocycles. The smallest absolute Gasteiger partial charge is 0.305 e. The van der Waals surface area contributed by atoms with E-state index >= 15 is 0 Å². The molecule has 0 saturated heterocycles. The molecule has 0 aliphatic carbocycles. The fourth-order valence-corrected chi connectivity index (χ4v) is 3.09. The van der Waals surface area contributed by atoms with E-state index in [1.165, 1.54) is 32.1 Å². The van der Waals surface area contributed by atoms with Crippen molar-refractivity contribution in [2.75, 3.05) is 0 Å². The number of fused-ring (bicyclic) bond motifs is 1. The highest BCUT2D eigenvalue weighted by Gasteiger charge is 2.22. The van der Waals surface area contributed by atoms with E-state index in [9.17, 15) is 9.90 Å². The Labute approximate surface area is 132 Å². The Morgan fingerprint density at radius 3 is 2.41 bits per heavy atom. The second-order valence-corrected chi connectivity index (χ2v) is 5.93. The van der Waals surface area contributed by atoms with Crippen molar-refractivity contribution >= 4 is 17.0 Å². The van der Waals surface area contributed by atoms with E-state index in [0.717, 1.165) is 30.4 Å². The van der Waals surface area contributed by atoms with Crippen LogP contribution >= 0.6 is 0 Å². The fraction of sp³-hybridized carbons (Fsp3) is 0.556. The molecule has 1 aromatic heterocycles. The zero-order valence-corrected chi connectivity index (χ0v) is 13.7. The van der Waals surface area contributed by atoms with Gasteiger partial charge in [-0.3, -0.25) is 0 Å². The SMILES string of the molecule is CCCCCCCCCn1c(C(=O)[O-])[n+](C)c2ccccc21. The third-order valence-corrected chi connectivity index (χ3v) is 4.28. The van der Waals surface area contributed by atoms with Crippen molar-refractivity contribution in [3.63, 3.8) is 0 Å². The van der Waals surface area contributed by atoms with Gasteiger partial charge in [0.05, 0.1) is 13.6 Å². The van der Waals surface area contributed by atoms with Gasteiger partial charge in [-0.2, -0.15) is 0 Å². The number of carbonyl (C=O) groups is 1. The minimum absolute atomic E-state index is 0.257. The van der Waals surface area contributed by atoms with Crippen molar-refractivity contribution in [2.45, 2.75) is 58.4 Å². The average Bonchev–Trinajstić information content (AvgIpc) is 2.80. The van der Waals surface area contributed by atoms with Gasteiger partial charge in [-0.25, -0.2) is 9.13 Å². The summed E-state index contributed by atoms with van der Waals surface area (Å²) in [5, 5.41) is 11.5. The van der Waals surface area contributed by atoms with Crippen LogP contribution < -0.4 is 9.67 Å². The summed E-state index contributed by atoms with van der Waals surface area (Å²) >= 11 is 0. The summed E-state index contributed by atoms with van der Waals surface area (Å²) in [5.41, 5.74) is 1.90. The largest absolute Gasteiger partial charge is 0.538 e. The van der Waals surface area contributed by atoms with Crippen LogP contribution in [0.3, 0.4) is 0 Å². The molecule has 0 spiro atoms. The number of hydrogen-bond acceptors (Lipinski definition) is 2. The maximum atomic E-state index is 11.5. The number of imidazole rings is 1. The minimum atomic E-state index is -1.11. The van der Waals surface area contributed by atoms with Gasteiger partial charge in [-0.1, -0.05) is 51.2 Å². The first-order chi connectivity index (χ1) is 10.7. The predicted molar refractivity (Wildman–Crippen MR) is 85.4 cm³/mol. The van der Waals surface area contributed by atoms with Gasteiger partial charge in [-0.05, 0) is 25.0 Å². The lowest BCUT2D eigenvalue weighted by molar-refractivity contribution is -0.650. The molecular formula is C18H26N2O2. The molecule has 0 saturated carbocycles. The van der Waals surface area contributed by atoms with Crippen molar-refractivity contribution in [3.05, 3.63) is 30.1 Å². The number of carboxylic acids is 1. The molecule has 0 radical (unpaired) electrons. The van der Waals surface area contributed by atoms with Crippen LogP contribution in [0.4, 0.5) is 0 Å². The molecule has 0 bridgehead atoms. The Morgan fingerprint density at radius 2 is 1.73 bits per heavy atom. The van der Waals surface area contributed by atoms with E-state index in [0.29, 0.717) is 0 Å². The van der Waals surface area contributed by atoms with E-state index in [2.05, 4.69) is 6.92 Å². The van der Waals surface area contributed by atoms with Gasteiger partial charge >= 0.3 is 5.82 Å². The molecule has 0 fully saturated rings. The van der Waals surface area contributed by atoms with Crippen molar-refractivity contribution in [1.82, 2.24) is 4.57 Å². The van der Waals surface area contributed by atoms with Crippen molar-refractivity contribution in [3.8, 4) is 0 Å². The standard InChI is InChI=1S/C18H26N2O2/c1-3-4-5-6-7-8-11-14-20-16-13-10-9-12-15(16)19(2)17(20)18(21)22/h9-10,12-13H,3-8,11,14H2,1-2H3. The number of aromatic carboxylic acids is 1. The van der Waals surface area contributed by atoms with Crippen molar-refractivity contribution < 1.29 is 14.5 Å². The minimum Gasteiger partial charge on any atom is -0.538 e. The molecule has 0 N–H and O–H groups in total. The summed E-state index contributed by atoms with van der Waals surface area (Å²) in [6.07, 6.45) is 8.54. The molecule has 0 aliphatic heterocycles. The first kappa shape index (κ1) is 16.5. The molecule has 4 heteroatoms. The number of rotatable bonds is 9. The first-order valence-electron chi connectivity index (χ1n) is 8.35. The van der Waals surface area contributed by atoms with Gasteiger partial charge in [0.15, 0.2) is 17.0 Å². The lowest BCUT2D eigenvalue weighted by Crippen LogP contribution is -2.42. The lowest BCUT2D eigenvalue weighted by Gasteiger charge is -2.04. The topological polar surface area (TPSA) is 48.9 Å². The Hall–Kier alpha value is -1.84. The van der Waals surface area contributed by atoms with Crippen molar-refractivity contribution in [2.24, 2.45) is 7.05 Å². The van der Waals surface area contributed by atoms with Crippen LogP contribution in [0, 0.1) is 0 Å². The lowest BCUT2D eigenvalue weighted by atomic mass is 10.1. The highest BCUT2D eigenvalue weighted by molar-refractivity contribution is 5.85. The molecule has 120 valence electrons. The van der Waals surface area contributed by atoms with Crippen LogP contribution in [0.2, 0.25) is 0 Å². The number of aromatic nitrogens is 2. The summed E-state index contributed by atoms with van der Waals surface area (Å²) in [7, 11) is 1.79. The second kappa shape index (κ2) is 7.97. The summed E-state index contributed by atoms with van der Waals surface area (Å²) < 4.78 is 3.60. The van der Waals surface area contributed by atoms with Gasteiger partial charge in [0.1, 0.15) is 0 Å². The number of nitrogens with zero attached hydrogens (tertiary/aromatic N) is 2. The first-order valence-corrected chi connectivity index (χ1v) is 8.35. The normalized spacial score (nSPS) is 11.2. The van der Waals surface area contributed by atoms with Gasteiger partial charge in [0.25, 0.3) is 0 Å². The molecule has 1 aromatic carbocycles. The van der Waals surface area contributed by atoms with Gasteiger partial charge in [0, 0.05) is 0 Å². The van der Waals surface area contributed by atoms with Crippen LogP contribution in [0.15, 0.2) is 24.3 Å². The van der Waals surface area contributed by atoms with Gasteiger partial charge in [0.2, 0.25) is 0 Å². The molecular weight excluding hydrogens is 276 g/mol. The molecule has 0 aliphatic rings. The van der Waals surface area contributed by atoms with Gasteiger partial charge in [-0.15, -0.1) is 0 Å². The van der Waals surface area contributed by atoms with E-state index in [1.807, 2.05) is 28.8 Å². The van der Waals surface area contributed by atoms with Crippen LogP contribution in [-0.2, 0) is 13.6 Å². The molecule has 22 heavy (non-hydrogen) atoms. The molecule has 0 amide bonds. The Balaban J connectivity index is 2.04. The maximum absolute atomic E-state index is 11.5. The van der Waals surface area contributed by atoms with E-state index in [4.69, 9.17) is 0 Å². The quantitative estimate of drug-likeness (QED) is 0.528. The third-order valence-electron chi connectivity index (χ3n) is 4.28. The number of hydrogen-bond donors (Lipinski definition) is 0. The number of para-hydroxylation sites is 2. The number of aryl methyl sites for hydroxylation is 2. The number of unbranched alkanes of at least 4 members (excludes halogenated alkanes) is 6. The summed E-state index contributed by atoms with van der Waals surface area (Å²) in [5.74, 6) is -0.853. The van der Waals surface area contributed by atoms with E-state index < -0.39 is 5.97 Å². The number of benzene rings is 1. The van der Waals surface area contributed by atoms with Crippen LogP contribution in [0.5, 0.6) is 0 Å². The molecule has 2 rings (SSSR count). The summed E-state index contributed by atoms with van der Waals surface area (Å²) in [6.45, 7) is 2.96. The average molecular weight is 302 g/mol. The number of carboxylic acid groups (broad SMARTS) is 1. The molecule has 2 aromatic rings. The van der Waals surface area contributed by atoms with Gasteiger partial charge < -0.3 is 9.90 Å². The molecule has 0 atom stereocenters. The highest BCUT2D eigenvalue weighted by Crippen LogP contribution is 2.16. The zero-order chi connectivity index (χ0) is 15.9. The fourth-order valence-electron chi connectivity index (χ4n) is 3.09. The predicted octanol–water partition coefficient (Wildman–Crippen LogP) is 2.58.